The predicted molar refractivity (Wildman–Crippen MR) is 80.1 cm³/mol. The monoisotopic (exact) mass is 304 g/mol. The van der Waals surface area contributed by atoms with Crippen LogP contribution in [0.3, 0.4) is 0 Å². The molecule has 20 heavy (non-hydrogen) atoms. The highest BCUT2D eigenvalue weighted by Gasteiger charge is 2.13. The van der Waals surface area contributed by atoms with Crippen molar-refractivity contribution in [1.29, 1.82) is 0 Å². The van der Waals surface area contributed by atoms with Gasteiger partial charge < -0.3 is 11.1 Å². The minimum atomic E-state index is 0.249. The fourth-order valence-corrected chi connectivity index (χ4v) is 2.28. The molecular weight excluding hydrogens is 296 g/mol. The van der Waals surface area contributed by atoms with E-state index in [1.807, 2.05) is 30.3 Å². The summed E-state index contributed by atoms with van der Waals surface area (Å²) in [6.45, 7) is 0. The molecule has 6 nitrogen and oxygen atoms in total. The third kappa shape index (κ3) is 2.68. The van der Waals surface area contributed by atoms with E-state index in [2.05, 4.69) is 24.6 Å². The zero-order chi connectivity index (χ0) is 13.9. The molecule has 1 aromatic carbocycles. The Bertz CT molecular complexity index is 730. The predicted octanol–water partition coefficient (Wildman–Crippen LogP) is 2.97. The van der Waals surface area contributed by atoms with Gasteiger partial charge in [-0.2, -0.15) is 9.36 Å². The van der Waals surface area contributed by atoms with Crippen LogP contribution in [0.25, 0.3) is 11.5 Å². The highest BCUT2D eigenvalue weighted by molar-refractivity contribution is 7.09. The number of benzene rings is 1. The third-order valence-corrected chi connectivity index (χ3v) is 3.25. The lowest BCUT2D eigenvalue weighted by molar-refractivity contribution is 1.17. The Morgan fingerprint density at radius 2 is 1.95 bits per heavy atom. The van der Waals surface area contributed by atoms with Gasteiger partial charge in [-0.05, 0) is 12.1 Å². The molecule has 0 aliphatic heterocycles. The van der Waals surface area contributed by atoms with E-state index in [1.54, 1.807) is 0 Å². The largest absolute Gasteiger partial charge is 0.382 e. The topological polar surface area (TPSA) is 89.6 Å². The summed E-state index contributed by atoms with van der Waals surface area (Å²) in [5, 5.41) is 4.05. The van der Waals surface area contributed by atoms with Crippen LogP contribution in [0.1, 0.15) is 0 Å². The van der Waals surface area contributed by atoms with Gasteiger partial charge in [-0.15, -0.1) is 0 Å². The van der Waals surface area contributed by atoms with Crippen LogP contribution < -0.4 is 11.1 Å². The molecule has 2 heterocycles. The van der Waals surface area contributed by atoms with Gasteiger partial charge in [-0.1, -0.05) is 29.8 Å². The SMILES string of the molecule is Nc1ncc(Cl)nc1-c1nsc(Nc2ccccc2)n1. The minimum absolute atomic E-state index is 0.249. The standard InChI is InChI=1S/C12H9ClN6S/c13-8-6-15-10(14)9(17-8)11-18-12(20-19-11)16-7-4-2-1-3-5-7/h1-6H,(H2,14,15)(H,16,18,19). The first-order valence-corrected chi connectivity index (χ1v) is 6.81. The normalized spacial score (nSPS) is 10.4. The van der Waals surface area contributed by atoms with Crippen LogP contribution in [0, 0.1) is 0 Å². The Kier molecular flexibility index (Phi) is 3.44. The van der Waals surface area contributed by atoms with Gasteiger partial charge in [0.25, 0.3) is 0 Å². The fraction of sp³-hybridized carbons (Fsp3) is 0. The van der Waals surface area contributed by atoms with Crippen molar-refractivity contribution in [2.75, 3.05) is 11.1 Å². The minimum Gasteiger partial charge on any atom is -0.382 e. The molecule has 8 heteroatoms. The smallest absolute Gasteiger partial charge is 0.207 e. The van der Waals surface area contributed by atoms with Gasteiger partial charge in [-0.3, -0.25) is 0 Å². The summed E-state index contributed by atoms with van der Waals surface area (Å²) in [5.41, 5.74) is 7.07. The summed E-state index contributed by atoms with van der Waals surface area (Å²) < 4.78 is 4.21. The van der Waals surface area contributed by atoms with E-state index in [0.29, 0.717) is 16.6 Å². The fourth-order valence-electron chi connectivity index (χ4n) is 1.56. The number of halogens is 1. The number of nitrogens with zero attached hydrogens (tertiary/aromatic N) is 4. The van der Waals surface area contributed by atoms with Crippen molar-refractivity contribution in [2.45, 2.75) is 0 Å². The average Bonchev–Trinajstić information content (AvgIpc) is 2.91. The molecule has 0 saturated carbocycles. The molecule has 3 N–H and O–H groups in total. The first-order chi connectivity index (χ1) is 9.72. The summed E-state index contributed by atoms with van der Waals surface area (Å²) in [4.78, 5) is 12.4. The van der Waals surface area contributed by atoms with E-state index in [0.717, 1.165) is 5.69 Å². The molecule has 3 aromatic rings. The number of nitrogens with one attached hydrogen (secondary N) is 1. The van der Waals surface area contributed by atoms with Crippen LogP contribution in [0.2, 0.25) is 5.15 Å². The molecule has 0 atom stereocenters. The van der Waals surface area contributed by atoms with Crippen molar-refractivity contribution in [2.24, 2.45) is 0 Å². The molecular formula is C12H9ClN6S. The molecule has 0 bridgehead atoms. The molecule has 0 fully saturated rings. The molecule has 0 radical (unpaired) electrons. The van der Waals surface area contributed by atoms with E-state index in [9.17, 15) is 0 Å². The summed E-state index contributed by atoms with van der Waals surface area (Å²) in [6.07, 6.45) is 1.38. The molecule has 0 amide bonds. The van der Waals surface area contributed by atoms with E-state index in [4.69, 9.17) is 17.3 Å². The average molecular weight is 305 g/mol. The number of rotatable bonds is 3. The van der Waals surface area contributed by atoms with Crippen LogP contribution in [0.5, 0.6) is 0 Å². The van der Waals surface area contributed by atoms with Crippen LogP contribution in [0.15, 0.2) is 36.5 Å². The summed E-state index contributed by atoms with van der Waals surface area (Å²) in [6, 6.07) is 9.69. The maximum absolute atomic E-state index is 5.81. The van der Waals surface area contributed by atoms with Crippen LogP contribution in [-0.4, -0.2) is 19.3 Å². The van der Waals surface area contributed by atoms with Gasteiger partial charge in [0.1, 0.15) is 5.15 Å². The van der Waals surface area contributed by atoms with E-state index in [1.165, 1.54) is 17.7 Å². The molecule has 3 rings (SSSR count). The molecule has 100 valence electrons. The highest BCUT2D eigenvalue weighted by atomic mass is 35.5. The highest BCUT2D eigenvalue weighted by Crippen LogP contribution is 2.25. The van der Waals surface area contributed by atoms with Crippen LogP contribution in [0.4, 0.5) is 16.6 Å². The number of hydrogen-bond acceptors (Lipinski definition) is 7. The van der Waals surface area contributed by atoms with Crippen LogP contribution >= 0.6 is 23.1 Å². The summed E-state index contributed by atoms with van der Waals surface area (Å²) >= 11 is 7.02. The zero-order valence-electron chi connectivity index (χ0n) is 10.1. The van der Waals surface area contributed by atoms with Crippen molar-refractivity contribution >= 4 is 39.8 Å². The lowest BCUT2D eigenvalue weighted by Gasteiger charge is -2.00. The van der Waals surface area contributed by atoms with E-state index >= 15 is 0 Å². The number of aromatic nitrogens is 4. The van der Waals surface area contributed by atoms with E-state index in [-0.39, 0.29) is 11.0 Å². The Morgan fingerprint density at radius 3 is 2.75 bits per heavy atom. The number of anilines is 3. The van der Waals surface area contributed by atoms with Crippen molar-refractivity contribution in [3.05, 3.63) is 41.7 Å². The van der Waals surface area contributed by atoms with Crippen molar-refractivity contribution < 1.29 is 0 Å². The van der Waals surface area contributed by atoms with Gasteiger partial charge >= 0.3 is 0 Å². The molecule has 2 aromatic heterocycles. The lowest BCUT2D eigenvalue weighted by Crippen LogP contribution is -1.98. The second kappa shape index (κ2) is 5.40. The zero-order valence-corrected chi connectivity index (χ0v) is 11.7. The first-order valence-electron chi connectivity index (χ1n) is 5.66. The van der Waals surface area contributed by atoms with Crippen molar-refractivity contribution in [3.8, 4) is 11.5 Å². The van der Waals surface area contributed by atoms with Crippen LogP contribution in [-0.2, 0) is 0 Å². The maximum atomic E-state index is 5.81. The second-order valence-corrected chi connectivity index (χ2v) is 4.98. The maximum Gasteiger partial charge on any atom is 0.207 e. The molecule has 0 unspecified atom stereocenters. The van der Waals surface area contributed by atoms with Crippen molar-refractivity contribution in [3.63, 3.8) is 0 Å². The van der Waals surface area contributed by atoms with Gasteiger partial charge in [-0.25, -0.2) is 9.97 Å². The number of para-hydroxylation sites is 1. The lowest BCUT2D eigenvalue weighted by atomic mass is 10.3. The Hall–Kier alpha value is -2.25. The van der Waals surface area contributed by atoms with Gasteiger partial charge in [0.05, 0.1) is 6.20 Å². The molecule has 0 saturated heterocycles. The van der Waals surface area contributed by atoms with Gasteiger partial charge in [0.15, 0.2) is 17.3 Å². The van der Waals surface area contributed by atoms with Gasteiger partial charge in [0, 0.05) is 17.2 Å². The third-order valence-electron chi connectivity index (χ3n) is 2.43. The molecule has 0 aliphatic carbocycles. The van der Waals surface area contributed by atoms with Gasteiger partial charge in [0.2, 0.25) is 5.13 Å². The Labute approximate surface area is 123 Å². The summed E-state index contributed by atoms with van der Waals surface area (Å²) in [7, 11) is 0. The Balaban J connectivity index is 1.88. The Morgan fingerprint density at radius 1 is 1.15 bits per heavy atom. The quantitative estimate of drug-likeness (QED) is 0.773. The molecule has 0 aliphatic rings. The summed E-state index contributed by atoms with van der Waals surface area (Å²) in [5.74, 6) is 0.652. The first kappa shape index (κ1) is 12.8. The van der Waals surface area contributed by atoms with E-state index < -0.39 is 0 Å². The number of hydrogen-bond donors (Lipinski definition) is 2. The molecule has 0 spiro atoms. The second-order valence-electron chi connectivity index (χ2n) is 3.84. The number of nitrogen functional groups attached to an aromatic ring is 1. The number of nitrogens with two attached hydrogens (primary N) is 1. The van der Waals surface area contributed by atoms with Crippen molar-refractivity contribution in [1.82, 2.24) is 19.3 Å².